The van der Waals surface area contributed by atoms with E-state index in [-0.39, 0.29) is 17.8 Å². The van der Waals surface area contributed by atoms with Crippen molar-refractivity contribution in [2.24, 2.45) is 4.99 Å². The molecule has 1 fully saturated rings. The fourth-order valence-corrected chi connectivity index (χ4v) is 3.51. The Balaban J connectivity index is 1.63. The second-order valence-corrected chi connectivity index (χ2v) is 6.93. The maximum absolute atomic E-state index is 14.0. The van der Waals surface area contributed by atoms with E-state index in [1.165, 1.54) is 6.07 Å². The number of nitrogens with zero attached hydrogens (tertiary/aromatic N) is 1. The van der Waals surface area contributed by atoms with Crippen LogP contribution in [0.2, 0.25) is 0 Å². The Kier molecular flexibility index (Phi) is 4.09. The molecule has 0 aliphatic carbocycles. The zero-order valence-electron chi connectivity index (χ0n) is 14.4. The number of benzene rings is 2. The van der Waals surface area contributed by atoms with Gasteiger partial charge in [-0.05, 0) is 30.5 Å². The molecule has 0 saturated carbocycles. The molecule has 1 unspecified atom stereocenters. The first-order valence-corrected chi connectivity index (χ1v) is 8.65. The van der Waals surface area contributed by atoms with Crippen LogP contribution in [-0.2, 0) is 10.3 Å². The summed E-state index contributed by atoms with van der Waals surface area (Å²) in [5.41, 5.74) is 0.980. The average molecular weight is 353 g/mol. The lowest BCUT2D eigenvalue weighted by molar-refractivity contribution is -0.123. The maximum Gasteiger partial charge on any atom is 0.257 e. The van der Waals surface area contributed by atoms with Gasteiger partial charge in [0.15, 0.2) is 5.54 Å². The van der Waals surface area contributed by atoms with Crippen molar-refractivity contribution in [3.05, 3.63) is 59.9 Å². The van der Waals surface area contributed by atoms with Crippen LogP contribution >= 0.6 is 0 Å². The number of amidine groups is 1. The molecule has 2 aliphatic heterocycles. The van der Waals surface area contributed by atoms with Gasteiger partial charge in [-0.25, -0.2) is 9.38 Å². The molecule has 1 amide bonds. The predicted octanol–water partition coefficient (Wildman–Crippen LogP) is 1.96. The highest BCUT2D eigenvalue weighted by atomic mass is 19.1. The highest BCUT2D eigenvalue weighted by Gasteiger charge is 2.43. The van der Waals surface area contributed by atoms with Crippen molar-refractivity contribution in [2.45, 2.75) is 31.0 Å². The van der Waals surface area contributed by atoms with Crippen molar-refractivity contribution in [2.75, 3.05) is 6.54 Å². The fourth-order valence-electron chi connectivity index (χ4n) is 3.51. The van der Waals surface area contributed by atoms with Gasteiger partial charge in [-0.1, -0.05) is 42.5 Å². The van der Waals surface area contributed by atoms with Crippen LogP contribution in [0.25, 0.3) is 11.1 Å². The zero-order valence-corrected chi connectivity index (χ0v) is 14.4. The summed E-state index contributed by atoms with van der Waals surface area (Å²) in [6.45, 7) is 2.26. The summed E-state index contributed by atoms with van der Waals surface area (Å²) in [4.78, 5) is 17.2. The van der Waals surface area contributed by atoms with E-state index in [0.717, 1.165) is 11.1 Å². The Labute approximate surface area is 151 Å². The molecule has 3 N–H and O–H groups in total. The number of carbonyl (C=O) groups excluding carboxylic acids is 1. The molecule has 2 heterocycles. The summed E-state index contributed by atoms with van der Waals surface area (Å²) in [7, 11) is 0. The molecule has 2 aromatic carbocycles. The maximum atomic E-state index is 14.0. The van der Waals surface area contributed by atoms with E-state index < -0.39 is 11.6 Å². The van der Waals surface area contributed by atoms with Crippen LogP contribution in [0, 0.1) is 5.82 Å². The van der Waals surface area contributed by atoms with Crippen LogP contribution in [0.1, 0.15) is 18.9 Å². The molecule has 0 aromatic heterocycles. The van der Waals surface area contributed by atoms with Crippen LogP contribution in [0.15, 0.2) is 53.5 Å². The number of rotatable bonds is 3. The van der Waals surface area contributed by atoms with Gasteiger partial charge in [0.05, 0.1) is 12.1 Å². The molecule has 0 spiro atoms. The molecule has 6 heteroatoms. The lowest BCUT2D eigenvalue weighted by atomic mass is 9.91. The van der Waals surface area contributed by atoms with Crippen LogP contribution in [0.4, 0.5) is 4.39 Å². The van der Waals surface area contributed by atoms with Gasteiger partial charge in [-0.3, -0.25) is 4.79 Å². The summed E-state index contributed by atoms with van der Waals surface area (Å²) in [6.07, 6.45) is 0.105. The monoisotopic (exact) mass is 353 g/mol. The number of aliphatic hydroxyl groups is 1. The Hall–Kier alpha value is -2.57. The van der Waals surface area contributed by atoms with Crippen molar-refractivity contribution in [1.82, 2.24) is 10.6 Å². The number of carbonyl (C=O) groups is 1. The summed E-state index contributed by atoms with van der Waals surface area (Å²) in [5, 5.41) is 15.7. The minimum atomic E-state index is -1.03. The van der Waals surface area contributed by atoms with Gasteiger partial charge in [0, 0.05) is 12.1 Å². The molecular formula is C20H20FN3O2. The smallest absolute Gasteiger partial charge is 0.257 e. The molecule has 3 atom stereocenters. The number of hydrogen-bond donors (Lipinski definition) is 3. The minimum absolute atomic E-state index is 0.145. The predicted molar refractivity (Wildman–Crippen MR) is 97.2 cm³/mol. The van der Waals surface area contributed by atoms with E-state index in [0.29, 0.717) is 24.4 Å². The third kappa shape index (κ3) is 2.81. The highest BCUT2D eigenvalue weighted by Crippen LogP contribution is 2.32. The van der Waals surface area contributed by atoms with Crippen LogP contribution in [0.5, 0.6) is 0 Å². The second-order valence-electron chi connectivity index (χ2n) is 6.93. The van der Waals surface area contributed by atoms with Gasteiger partial charge in [-0.2, -0.15) is 0 Å². The van der Waals surface area contributed by atoms with Crippen molar-refractivity contribution >= 4 is 11.7 Å². The molecule has 0 radical (unpaired) electrons. The summed E-state index contributed by atoms with van der Waals surface area (Å²) < 4.78 is 14.0. The van der Waals surface area contributed by atoms with E-state index in [1.807, 2.05) is 12.1 Å². The van der Waals surface area contributed by atoms with Crippen molar-refractivity contribution < 1.29 is 14.3 Å². The first-order valence-electron chi connectivity index (χ1n) is 8.65. The first-order chi connectivity index (χ1) is 12.5. The number of amides is 1. The normalized spacial score (nSPS) is 28.1. The molecule has 1 saturated heterocycles. The lowest BCUT2D eigenvalue weighted by Crippen LogP contribution is -2.41. The summed E-state index contributed by atoms with van der Waals surface area (Å²) in [6, 6.07) is 13.7. The second kappa shape index (κ2) is 6.30. The average Bonchev–Trinajstić information content (AvgIpc) is 3.20. The van der Waals surface area contributed by atoms with E-state index >= 15 is 0 Å². The summed E-state index contributed by atoms with van der Waals surface area (Å²) >= 11 is 0. The van der Waals surface area contributed by atoms with Crippen molar-refractivity contribution in [3.63, 3.8) is 0 Å². The lowest BCUT2D eigenvalue weighted by Gasteiger charge is -2.18. The molecule has 26 heavy (non-hydrogen) atoms. The molecule has 2 aliphatic rings. The van der Waals surface area contributed by atoms with Gasteiger partial charge in [0.1, 0.15) is 11.7 Å². The summed E-state index contributed by atoms with van der Waals surface area (Å²) in [5.74, 6) is 0.0813. The molecule has 5 nitrogen and oxygen atoms in total. The number of aliphatic imine (C=N–C) groups is 1. The highest BCUT2D eigenvalue weighted by molar-refractivity contribution is 6.10. The van der Waals surface area contributed by atoms with Gasteiger partial charge in [0.2, 0.25) is 0 Å². The van der Waals surface area contributed by atoms with E-state index in [2.05, 4.69) is 15.6 Å². The van der Waals surface area contributed by atoms with Crippen molar-refractivity contribution in [1.29, 1.82) is 0 Å². The fraction of sp³-hybridized carbons (Fsp3) is 0.300. The van der Waals surface area contributed by atoms with Crippen LogP contribution < -0.4 is 10.6 Å². The number of halogens is 1. The quantitative estimate of drug-likeness (QED) is 0.790. The minimum Gasteiger partial charge on any atom is -0.392 e. The van der Waals surface area contributed by atoms with Crippen LogP contribution in [-0.4, -0.2) is 35.5 Å². The third-order valence-corrected chi connectivity index (χ3v) is 5.10. The van der Waals surface area contributed by atoms with E-state index in [4.69, 9.17) is 0 Å². The molecule has 4 rings (SSSR count). The Bertz CT molecular complexity index is 881. The Morgan fingerprint density at radius 1 is 1.19 bits per heavy atom. The molecule has 2 aromatic rings. The number of aliphatic hydroxyl groups excluding tert-OH is 1. The topological polar surface area (TPSA) is 73.7 Å². The standard InChI is InChI=1S/C20H20FN3O2/c1-20(19(26)23-18(24-20)17-10-14(25)11-22-17)13-8-6-12(7-9-13)15-4-2-3-5-16(15)21/h2-9,14,17,22,25H,10-11H2,1H3,(H,23,24,26)/t14-,17?,20+/m1/s1. The van der Waals surface area contributed by atoms with Gasteiger partial charge in [0.25, 0.3) is 5.91 Å². The van der Waals surface area contributed by atoms with E-state index in [9.17, 15) is 14.3 Å². The molecule has 134 valence electrons. The first kappa shape index (κ1) is 16.9. The van der Waals surface area contributed by atoms with Gasteiger partial charge >= 0.3 is 0 Å². The van der Waals surface area contributed by atoms with Crippen molar-refractivity contribution in [3.8, 4) is 11.1 Å². The molecular weight excluding hydrogens is 333 g/mol. The van der Waals surface area contributed by atoms with Gasteiger partial charge in [-0.15, -0.1) is 0 Å². The largest absolute Gasteiger partial charge is 0.392 e. The van der Waals surface area contributed by atoms with Crippen LogP contribution in [0.3, 0.4) is 0 Å². The Morgan fingerprint density at radius 2 is 1.92 bits per heavy atom. The van der Waals surface area contributed by atoms with Gasteiger partial charge < -0.3 is 15.7 Å². The number of nitrogens with one attached hydrogen (secondary N) is 2. The molecule has 0 bridgehead atoms. The third-order valence-electron chi connectivity index (χ3n) is 5.10. The number of β-amino-alcohol motifs (C(OH)–C–C–N with tert-alkyl or cyclic N) is 1. The Morgan fingerprint density at radius 3 is 2.58 bits per heavy atom. The number of hydrogen-bond acceptors (Lipinski definition) is 4. The zero-order chi connectivity index (χ0) is 18.3. The SMILES string of the molecule is C[C@@]1(c2ccc(-c3ccccc3F)cc2)N=C(C2C[C@@H](O)CN2)NC1=O. The van der Waals surface area contributed by atoms with E-state index in [1.54, 1.807) is 37.3 Å².